The molecule has 0 saturated carbocycles. The molecule has 1 aromatic rings. The van der Waals surface area contributed by atoms with Gasteiger partial charge in [-0.1, -0.05) is 12.1 Å². The fourth-order valence-electron chi connectivity index (χ4n) is 2.12. The molecule has 2 rings (SSSR count). The Morgan fingerprint density at radius 2 is 2.31 bits per heavy atom. The summed E-state index contributed by atoms with van der Waals surface area (Å²) in [5.74, 6) is 0.846. The van der Waals surface area contributed by atoms with Gasteiger partial charge in [-0.05, 0) is 29.7 Å². The van der Waals surface area contributed by atoms with Gasteiger partial charge in [0.2, 0.25) is 0 Å². The van der Waals surface area contributed by atoms with E-state index in [0.717, 1.165) is 17.7 Å². The number of nitrogens with two attached hydrogens (primary N) is 1. The summed E-state index contributed by atoms with van der Waals surface area (Å²) in [6, 6.07) is 6.02. The lowest BCUT2D eigenvalue weighted by Gasteiger charge is -2.11. The Bertz CT molecular complexity index is 390. The van der Waals surface area contributed by atoms with Gasteiger partial charge in [0.1, 0.15) is 5.75 Å². The number of hydrogen-bond acceptors (Lipinski definition) is 3. The highest BCUT2D eigenvalue weighted by Gasteiger charge is 2.29. The van der Waals surface area contributed by atoms with E-state index in [-0.39, 0.29) is 12.1 Å². The minimum Gasteiger partial charge on any atom is -0.497 e. The second-order valence-corrected chi connectivity index (χ2v) is 3.95. The Balaban J connectivity index is 2.25. The maximum absolute atomic E-state index is 6.07. The largest absolute Gasteiger partial charge is 0.497 e. The molecule has 0 amide bonds. The molecule has 2 N–H and O–H groups in total. The third kappa shape index (κ3) is 1.96. The summed E-state index contributed by atoms with van der Waals surface area (Å²) in [6.07, 6.45) is 2.68. The molecule has 0 radical (unpaired) electrons. The van der Waals surface area contributed by atoms with Crippen LogP contribution in [0.5, 0.6) is 5.75 Å². The standard InChI is InChI=1S/C13H17NO2/c1-3-6-16-13-8-12(14)11-7-9(15-2)4-5-10(11)13/h3-5,7,12-13H,1,6,8,14H2,2H3/t12-,13+/m0/s1. The lowest BCUT2D eigenvalue weighted by Crippen LogP contribution is -2.06. The van der Waals surface area contributed by atoms with E-state index in [1.165, 1.54) is 5.56 Å². The number of ether oxygens (including phenoxy) is 2. The lowest BCUT2D eigenvalue weighted by atomic mass is 10.1. The number of hydrogen-bond donors (Lipinski definition) is 1. The Labute approximate surface area is 95.9 Å². The molecule has 0 aromatic heterocycles. The van der Waals surface area contributed by atoms with Crippen molar-refractivity contribution in [3.05, 3.63) is 42.0 Å². The quantitative estimate of drug-likeness (QED) is 0.790. The van der Waals surface area contributed by atoms with Crippen molar-refractivity contribution in [2.45, 2.75) is 18.6 Å². The minimum atomic E-state index is 0.0416. The van der Waals surface area contributed by atoms with Crippen LogP contribution in [0.25, 0.3) is 0 Å². The summed E-state index contributed by atoms with van der Waals surface area (Å²) in [5.41, 5.74) is 8.38. The molecule has 0 unspecified atom stereocenters. The maximum Gasteiger partial charge on any atom is 0.119 e. The Morgan fingerprint density at radius 3 is 3.00 bits per heavy atom. The highest BCUT2D eigenvalue weighted by molar-refractivity contribution is 5.42. The van der Waals surface area contributed by atoms with Crippen LogP contribution in [0.1, 0.15) is 29.7 Å². The van der Waals surface area contributed by atoms with Crippen LogP contribution in [0.2, 0.25) is 0 Å². The summed E-state index contributed by atoms with van der Waals surface area (Å²) in [7, 11) is 1.66. The Morgan fingerprint density at radius 1 is 1.50 bits per heavy atom. The number of rotatable bonds is 4. The summed E-state index contributed by atoms with van der Waals surface area (Å²) in [5, 5.41) is 0. The second kappa shape index (κ2) is 4.68. The molecule has 2 atom stereocenters. The zero-order valence-electron chi connectivity index (χ0n) is 9.48. The molecule has 3 nitrogen and oxygen atoms in total. The summed E-state index contributed by atoms with van der Waals surface area (Å²) in [4.78, 5) is 0. The van der Waals surface area contributed by atoms with Crippen LogP contribution in [0.4, 0.5) is 0 Å². The average molecular weight is 219 g/mol. The first-order valence-corrected chi connectivity index (χ1v) is 5.42. The number of methoxy groups -OCH3 is 1. The van der Waals surface area contributed by atoms with Crippen molar-refractivity contribution in [2.75, 3.05) is 13.7 Å². The van der Waals surface area contributed by atoms with Crippen LogP contribution in [-0.2, 0) is 4.74 Å². The van der Waals surface area contributed by atoms with Gasteiger partial charge in [-0.15, -0.1) is 6.58 Å². The average Bonchev–Trinajstić information content (AvgIpc) is 2.63. The first kappa shape index (κ1) is 11.2. The molecule has 0 fully saturated rings. The van der Waals surface area contributed by atoms with Crippen molar-refractivity contribution in [2.24, 2.45) is 5.73 Å². The molecule has 1 aliphatic carbocycles. The predicted molar refractivity (Wildman–Crippen MR) is 63.4 cm³/mol. The van der Waals surface area contributed by atoms with Gasteiger partial charge >= 0.3 is 0 Å². The van der Waals surface area contributed by atoms with Crippen molar-refractivity contribution >= 4 is 0 Å². The van der Waals surface area contributed by atoms with E-state index >= 15 is 0 Å². The molecule has 0 heterocycles. The van der Waals surface area contributed by atoms with Crippen molar-refractivity contribution in [3.63, 3.8) is 0 Å². The predicted octanol–water partition coefficient (Wildman–Crippen LogP) is 2.34. The number of benzene rings is 1. The van der Waals surface area contributed by atoms with Gasteiger partial charge in [-0.3, -0.25) is 0 Å². The smallest absolute Gasteiger partial charge is 0.119 e. The summed E-state index contributed by atoms with van der Waals surface area (Å²) >= 11 is 0. The van der Waals surface area contributed by atoms with Crippen LogP contribution in [-0.4, -0.2) is 13.7 Å². The van der Waals surface area contributed by atoms with Crippen LogP contribution in [0.3, 0.4) is 0 Å². The van der Waals surface area contributed by atoms with Gasteiger partial charge < -0.3 is 15.2 Å². The topological polar surface area (TPSA) is 44.5 Å². The molecule has 0 saturated heterocycles. The maximum atomic E-state index is 6.07. The van der Waals surface area contributed by atoms with Crippen molar-refractivity contribution in [3.8, 4) is 5.75 Å². The monoisotopic (exact) mass is 219 g/mol. The van der Waals surface area contributed by atoms with Crippen molar-refractivity contribution in [1.29, 1.82) is 0 Å². The molecule has 1 aliphatic rings. The van der Waals surface area contributed by atoms with E-state index in [1.807, 2.05) is 18.2 Å². The van der Waals surface area contributed by atoms with E-state index in [4.69, 9.17) is 15.2 Å². The molecule has 0 spiro atoms. The van der Waals surface area contributed by atoms with E-state index in [9.17, 15) is 0 Å². The normalized spacial score (nSPS) is 22.9. The molecule has 3 heteroatoms. The third-order valence-corrected chi connectivity index (χ3v) is 2.92. The molecule has 1 aromatic carbocycles. The first-order valence-electron chi connectivity index (χ1n) is 5.42. The molecule has 0 aliphatic heterocycles. The van der Waals surface area contributed by atoms with Crippen LogP contribution >= 0.6 is 0 Å². The number of fused-ring (bicyclic) bond motifs is 1. The molecule has 0 bridgehead atoms. The van der Waals surface area contributed by atoms with E-state index in [0.29, 0.717) is 6.61 Å². The van der Waals surface area contributed by atoms with E-state index in [1.54, 1.807) is 13.2 Å². The van der Waals surface area contributed by atoms with E-state index < -0.39 is 0 Å². The fraction of sp³-hybridized carbons (Fsp3) is 0.385. The van der Waals surface area contributed by atoms with Gasteiger partial charge in [-0.25, -0.2) is 0 Å². The Hall–Kier alpha value is -1.32. The van der Waals surface area contributed by atoms with Gasteiger partial charge in [-0.2, -0.15) is 0 Å². The van der Waals surface area contributed by atoms with Gasteiger partial charge in [0, 0.05) is 6.04 Å². The summed E-state index contributed by atoms with van der Waals surface area (Å²) < 4.78 is 10.9. The second-order valence-electron chi connectivity index (χ2n) is 3.95. The van der Waals surface area contributed by atoms with Crippen LogP contribution in [0.15, 0.2) is 30.9 Å². The fourth-order valence-corrected chi connectivity index (χ4v) is 2.12. The Kier molecular flexibility index (Phi) is 3.27. The van der Waals surface area contributed by atoms with Gasteiger partial charge in [0.25, 0.3) is 0 Å². The minimum absolute atomic E-state index is 0.0416. The van der Waals surface area contributed by atoms with Crippen LogP contribution in [0, 0.1) is 0 Å². The SMILES string of the molecule is C=CCO[C@@H]1C[C@H](N)c2cc(OC)ccc21. The van der Waals surface area contributed by atoms with Gasteiger partial charge in [0.05, 0.1) is 19.8 Å². The lowest BCUT2D eigenvalue weighted by molar-refractivity contribution is 0.0722. The van der Waals surface area contributed by atoms with Crippen molar-refractivity contribution in [1.82, 2.24) is 0 Å². The van der Waals surface area contributed by atoms with E-state index in [2.05, 4.69) is 6.58 Å². The first-order chi connectivity index (χ1) is 7.76. The van der Waals surface area contributed by atoms with Crippen molar-refractivity contribution < 1.29 is 9.47 Å². The zero-order valence-corrected chi connectivity index (χ0v) is 9.48. The highest BCUT2D eigenvalue weighted by Crippen LogP contribution is 2.41. The third-order valence-electron chi connectivity index (χ3n) is 2.92. The zero-order chi connectivity index (χ0) is 11.5. The highest BCUT2D eigenvalue weighted by atomic mass is 16.5. The molecule has 86 valence electrons. The van der Waals surface area contributed by atoms with Crippen LogP contribution < -0.4 is 10.5 Å². The summed E-state index contributed by atoms with van der Waals surface area (Å²) in [6.45, 7) is 4.21. The molecule has 16 heavy (non-hydrogen) atoms. The molecular formula is C13H17NO2. The van der Waals surface area contributed by atoms with Gasteiger partial charge in [0.15, 0.2) is 0 Å². The molecular weight excluding hydrogens is 202 g/mol.